The minimum absolute atomic E-state index is 0.471. The number of carbonyl (C=O) groups is 1. The van der Waals surface area contributed by atoms with E-state index in [1.807, 2.05) is 20.8 Å². The van der Waals surface area contributed by atoms with Gasteiger partial charge in [0.05, 0.1) is 0 Å². The molecule has 118 valence electrons. The van der Waals surface area contributed by atoms with Gasteiger partial charge in [-0.15, -0.1) is 0 Å². The Morgan fingerprint density at radius 1 is 1.18 bits per heavy atom. The Morgan fingerprint density at radius 3 is 2.50 bits per heavy atom. The average molecular weight is 300 g/mol. The standard InChI is InChI=1S/C18H24N2O2/c1-18(2,3)22-17(21)20-19-13-14-9-11-16(12-10-14)15-7-5-4-6-8-15/h5,7-12,19H,4,6,13H2,1-3H3,(H,20,21). The number of rotatable bonds is 4. The number of benzene rings is 1. The molecule has 22 heavy (non-hydrogen) atoms. The van der Waals surface area contributed by atoms with Crippen LogP contribution in [-0.4, -0.2) is 11.7 Å². The smallest absolute Gasteiger partial charge is 0.422 e. The topological polar surface area (TPSA) is 50.4 Å². The number of hydrogen-bond donors (Lipinski definition) is 2. The second-order valence-electron chi connectivity index (χ2n) is 6.32. The lowest BCUT2D eigenvalue weighted by Gasteiger charge is -2.19. The van der Waals surface area contributed by atoms with Crippen molar-refractivity contribution in [3.8, 4) is 0 Å². The van der Waals surface area contributed by atoms with Gasteiger partial charge in [0, 0.05) is 6.54 Å². The molecule has 0 unspecified atom stereocenters. The van der Waals surface area contributed by atoms with Crippen molar-refractivity contribution in [1.29, 1.82) is 0 Å². The van der Waals surface area contributed by atoms with Crippen molar-refractivity contribution in [3.05, 3.63) is 53.6 Å². The van der Waals surface area contributed by atoms with E-state index in [0.29, 0.717) is 6.54 Å². The van der Waals surface area contributed by atoms with E-state index in [-0.39, 0.29) is 0 Å². The van der Waals surface area contributed by atoms with Crippen LogP contribution in [0.4, 0.5) is 4.79 Å². The first-order chi connectivity index (χ1) is 10.4. The van der Waals surface area contributed by atoms with Gasteiger partial charge in [-0.05, 0) is 50.3 Å². The van der Waals surface area contributed by atoms with E-state index in [9.17, 15) is 4.79 Å². The van der Waals surface area contributed by atoms with E-state index >= 15 is 0 Å². The van der Waals surface area contributed by atoms with Crippen LogP contribution in [0.25, 0.3) is 5.57 Å². The average Bonchev–Trinajstić information content (AvgIpc) is 2.47. The molecule has 1 aliphatic carbocycles. The van der Waals surface area contributed by atoms with Crippen molar-refractivity contribution in [2.45, 2.75) is 45.8 Å². The van der Waals surface area contributed by atoms with E-state index in [4.69, 9.17) is 4.74 Å². The van der Waals surface area contributed by atoms with Gasteiger partial charge in [-0.3, -0.25) is 5.43 Å². The maximum absolute atomic E-state index is 11.5. The maximum atomic E-state index is 11.5. The second-order valence-corrected chi connectivity index (χ2v) is 6.32. The fraction of sp³-hybridized carbons (Fsp3) is 0.389. The summed E-state index contributed by atoms with van der Waals surface area (Å²) in [6, 6.07) is 8.32. The van der Waals surface area contributed by atoms with Gasteiger partial charge in [0.1, 0.15) is 5.60 Å². The molecule has 0 bridgehead atoms. The summed E-state index contributed by atoms with van der Waals surface area (Å²) in [5.41, 5.74) is 8.51. The summed E-state index contributed by atoms with van der Waals surface area (Å²) in [7, 11) is 0. The second kappa shape index (κ2) is 7.27. The van der Waals surface area contributed by atoms with Crippen LogP contribution < -0.4 is 10.9 Å². The maximum Gasteiger partial charge on any atom is 0.422 e. The SMILES string of the molecule is CC(C)(C)OC(=O)NNCc1ccc(C2=CCCC=C2)cc1. The van der Waals surface area contributed by atoms with Crippen LogP contribution >= 0.6 is 0 Å². The van der Waals surface area contributed by atoms with Crippen LogP contribution in [-0.2, 0) is 11.3 Å². The lowest BCUT2D eigenvalue weighted by Crippen LogP contribution is -2.40. The summed E-state index contributed by atoms with van der Waals surface area (Å²) in [5, 5.41) is 0. The van der Waals surface area contributed by atoms with Crippen molar-refractivity contribution < 1.29 is 9.53 Å². The first-order valence-corrected chi connectivity index (χ1v) is 7.62. The summed E-state index contributed by atoms with van der Waals surface area (Å²) in [4.78, 5) is 11.5. The predicted octanol–water partition coefficient (Wildman–Crippen LogP) is 3.95. The molecule has 1 aromatic rings. The molecule has 0 saturated carbocycles. The third-order valence-electron chi connectivity index (χ3n) is 3.16. The summed E-state index contributed by atoms with van der Waals surface area (Å²) in [5.74, 6) is 0. The zero-order chi connectivity index (χ0) is 16.0. The number of amides is 1. The Bertz CT molecular complexity index is 566. The van der Waals surface area contributed by atoms with Gasteiger partial charge in [-0.1, -0.05) is 42.5 Å². The summed E-state index contributed by atoms with van der Waals surface area (Å²) < 4.78 is 5.15. The van der Waals surface area contributed by atoms with Crippen LogP contribution in [0.2, 0.25) is 0 Å². The van der Waals surface area contributed by atoms with Crippen molar-refractivity contribution in [2.75, 3.05) is 0 Å². The van der Waals surface area contributed by atoms with E-state index in [1.54, 1.807) is 0 Å². The van der Waals surface area contributed by atoms with Crippen LogP contribution in [0.15, 0.2) is 42.5 Å². The van der Waals surface area contributed by atoms with Crippen molar-refractivity contribution in [2.24, 2.45) is 0 Å². The first kappa shape index (κ1) is 16.3. The molecule has 0 saturated heterocycles. The molecule has 4 heteroatoms. The molecule has 1 aliphatic rings. The van der Waals surface area contributed by atoms with Crippen molar-refractivity contribution in [1.82, 2.24) is 10.9 Å². The quantitative estimate of drug-likeness (QED) is 0.828. The molecule has 2 N–H and O–H groups in total. The van der Waals surface area contributed by atoms with Gasteiger partial charge >= 0.3 is 6.09 Å². The molecular formula is C18H24N2O2. The van der Waals surface area contributed by atoms with Gasteiger partial charge in [-0.2, -0.15) is 0 Å². The Balaban J connectivity index is 1.81. The van der Waals surface area contributed by atoms with Crippen LogP contribution in [0.1, 0.15) is 44.7 Å². The molecule has 0 aromatic heterocycles. The summed E-state index contributed by atoms with van der Waals surface area (Å²) in [6.07, 6.45) is 8.39. The molecule has 2 rings (SSSR count). The van der Waals surface area contributed by atoms with E-state index < -0.39 is 11.7 Å². The molecular weight excluding hydrogens is 276 g/mol. The van der Waals surface area contributed by atoms with Crippen LogP contribution in [0, 0.1) is 0 Å². The molecule has 0 fully saturated rings. The van der Waals surface area contributed by atoms with Gasteiger partial charge in [0.15, 0.2) is 0 Å². The van der Waals surface area contributed by atoms with Gasteiger partial charge in [0.2, 0.25) is 0 Å². The minimum atomic E-state index is -0.491. The fourth-order valence-electron chi connectivity index (χ4n) is 2.16. The Labute approximate surface area is 132 Å². The largest absolute Gasteiger partial charge is 0.443 e. The number of nitrogens with one attached hydrogen (secondary N) is 2. The van der Waals surface area contributed by atoms with Crippen LogP contribution in [0.3, 0.4) is 0 Å². The predicted molar refractivity (Wildman–Crippen MR) is 89.0 cm³/mol. The molecule has 1 amide bonds. The third kappa shape index (κ3) is 5.37. The number of carbonyl (C=O) groups excluding carboxylic acids is 1. The molecule has 4 nitrogen and oxygen atoms in total. The molecule has 0 spiro atoms. The molecule has 0 aliphatic heterocycles. The normalized spacial score (nSPS) is 14.4. The van der Waals surface area contributed by atoms with E-state index in [0.717, 1.165) is 18.4 Å². The van der Waals surface area contributed by atoms with E-state index in [2.05, 4.69) is 53.3 Å². The highest BCUT2D eigenvalue weighted by Gasteiger charge is 2.15. The zero-order valence-electron chi connectivity index (χ0n) is 13.5. The van der Waals surface area contributed by atoms with Gasteiger partial charge < -0.3 is 4.74 Å². The third-order valence-corrected chi connectivity index (χ3v) is 3.16. The van der Waals surface area contributed by atoms with Crippen molar-refractivity contribution >= 4 is 11.7 Å². The number of hydrazine groups is 1. The Kier molecular flexibility index (Phi) is 5.39. The van der Waals surface area contributed by atoms with Crippen LogP contribution in [0.5, 0.6) is 0 Å². The highest BCUT2D eigenvalue weighted by Crippen LogP contribution is 2.21. The number of allylic oxidation sites excluding steroid dienone is 4. The highest BCUT2D eigenvalue weighted by atomic mass is 16.6. The van der Waals surface area contributed by atoms with E-state index in [1.165, 1.54) is 11.1 Å². The fourth-order valence-corrected chi connectivity index (χ4v) is 2.16. The molecule has 0 heterocycles. The molecule has 0 radical (unpaired) electrons. The Morgan fingerprint density at radius 2 is 1.91 bits per heavy atom. The van der Waals surface area contributed by atoms with Crippen molar-refractivity contribution in [3.63, 3.8) is 0 Å². The molecule has 1 aromatic carbocycles. The molecule has 0 atom stereocenters. The lowest BCUT2D eigenvalue weighted by atomic mass is 9.99. The minimum Gasteiger partial charge on any atom is -0.443 e. The first-order valence-electron chi connectivity index (χ1n) is 7.62. The number of hydrogen-bond acceptors (Lipinski definition) is 3. The summed E-state index contributed by atoms with van der Waals surface area (Å²) in [6.45, 7) is 6.05. The number of ether oxygens (including phenoxy) is 1. The zero-order valence-corrected chi connectivity index (χ0v) is 13.5. The monoisotopic (exact) mass is 300 g/mol. The Hall–Kier alpha value is -2.07. The lowest BCUT2D eigenvalue weighted by molar-refractivity contribution is 0.0497. The van der Waals surface area contributed by atoms with Gasteiger partial charge in [-0.25, -0.2) is 10.2 Å². The summed E-state index contributed by atoms with van der Waals surface area (Å²) >= 11 is 0. The van der Waals surface area contributed by atoms with Gasteiger partial charge in [0.25, 0.3) is 0 Å². The highest BCUT2D eigenvalue weighted by molar-refractivity contribution is 5.74.